The van der Waals surface area contributed by atoms with Gasteiger partial charge in [0.05, 0.1) is 23.9 Å². The summed E-state index contributed by atoms with van der Waals surface area (Å²) < 4.78 is 14.3. The van der Waals surface area contributed by atoms with E-state index < -0.39 is 23.4 Å². The van der Waals surface area contributed by atoms with E-state index in [1.165, 1.54) is 43.4 Å². The lowest BCUT2D eigenvalue weighted by molar-refractivity contribution is 0.0521. The Bertz CT molecular complexity index is 2660. The smallest absolute Gasteiger partial charge is 0.435 e. The molecule has 0 fully saturated rings. The predicted octanol–water partition coefficient (Wildman–Crippen LogP) is 11.8. The molecule has 0 spiro atoms. The van der Waals surface area contributed by atoms with E-state index in [9.17, 15) is 9.59 Å². The molecule has 1 N–H and O–H groups in total. The zero-order chi connectivity index (χ0) is 41.2. The number of hydrogen-bond acceptors (Lipinski definition) is 13. The van der Waals surface area contributed by atoms with Crippen LogP contribution in [-0.2, 0) is 16.0 Å². The second-order valence-corrected chi connectivity index (χ2v) is 18.7. The summed E-state index contributed by atoms with van der Waals surface area (Å²) in [5, 5.41) is 27.9. The first-order chi connectivity index (χ1) is 27.6. The summed E-state index contributed by atoms with van der Waals surface area (Å²) in [5.41, 5.74) is 5.02. The molecule has 0 radical (unpaired) electrons. The molecular weight excluding hydrogens is 906 g/mol. The van der Waals surface area contributed by atoms with Gasteiger partial charge in [-0.1, -0.05) is 84.9 Å². The molecule has 7 aromatic rings. The van der Waals surface area contributed by atoms with Crippen LogP contribution >= 0.6 is 54.5 Å². The van der Waals surface area contributed by atoms with Gasteiger partial charge in [0.2, 0.25) is 10.3 Å². The molecule has 1 amide bonds. The van der Waals surface area contributed by atoms with Crippen LogP contribution in [0.25, 0.3) is 32.0 Å². The standard InChI is InChI=1S/C25H26BrN5O4S.C16H11BrN4S/c1-24(2,3)34-22(32)30(21-29-28-20(36-21)15-8-7-9-17(26)12-15)18-10-11-19-16(13-18)14-27-31(19)23(33)35-25(4,5)6;17-13-3-1-2-10(6-13)15-20-21-16(22-15)19-14-5-4-11-8-18-9-12(11)7-14/h7-14H,1-6H3;1-7,9H,8H2,(H,19,21). The molecule has 296 valence electrons. The minimum atomic E-state index is -0.723. The van der Waals surface area contributed by atoms with Crippen molar-refractivity contribution in [3.63, 3.8) is 0 Å². The highest BCUT2D eigenvalue weighted by molar-refractivity contribution is 9.10. The summed E-state index contributed by atoms with van der Waals surface area (Å²) in [6, 6.07) is 27.1. The fourth-order valence-electron chi connectivity index (χ4n) is 5.57. The van der Waals surface area contributed by atoms with Gasteiger partial charge in [0, 0.05) is 37.4 Å². The average Bonchev–Trinajstić information content (AvgIpc) is 3.98. The normalized spacial score (nSPS) is 12.1. The van der Waals surface area contributed by atoms with Gasteiger partial charge in [0.1, 0.15) is 21.2 Å². The van der Waals surface area contributed by atoms with Crippen molar-refractivity contribution in [3.8, 4) is 21.1 Å². The van der Waals surface area contributed by atoms with Crippen LogP contribution in [0.5, 0.6) is 0 Å². The first-order valence-electron chi connectivity index (χ1n) is 17.9. The van der Waals surface area contributed by atoms with Crippen molar-refractivity contribution < 1.29 is 19.1 Å². The second-order valence-electron chi connectivity index (χ2n) is 14.9. The molecule has 0 bridgehead atoms. The molecule has 0 aliphatic carbocycles. The molecule has 1 aliphatic rings. The first-order valence-corrected chi connectivity index (χ1v) is 21.1. The van der Waals surface area contributed by atoms with E-state index in [4.69, 9.17) is 9.47 Å². The monoisotopic (exact) mass is 941 g/mol. The molecule has 4 aromatic carbocycles. The van der Waals surface area contributed by atoms with Crippen LogP contribution in [0.3, 0.4) is 0 Å². The molecular formula is C41H37Br2N9O4S2. The number of amides is 1. The molecule has 0 unspecified atom stereocenters. The number of benzene rings is 4. The highest BCUT2D eigenvalue weighted by Gasteiger charge is 2.29. The van der Waals surface area contributed by atoms with Crippen LogP contribution in [0.2, 0.25) is 0 Å². The quantitative estimate of drug-likeness (QED) is 0.171. The third kappa shape index (κ3) is 10.0. The average molecular weight is 944 g/mol. The number of halogens is 2. The van der Waals surface area contributed by atoms with Crippen molar-refractivity contribution in [1.29, 1.82) is 0 Å². The van der Waals surface area contributed by atoms with Crippen LogP contribution in [-0.4, -0.2) is 59.8 Å². The number of fused-ring (bicyclic) bond motifs is 2. The number of aromatic nitrogens is 6. The third-order valence-corrected chi connectivity index (χ3v) is 10.8. The largest absolute Gasteiger partial charge is 0.443 e. The van der Waals surface area contributed by atoms with Gasteiger partial charge in [0.15, 0.2) is 0 Å². The van der Waals surface area contributed by atoms with Gasteiger partial charge in [-0.25, -0.2) is 14.5 Å². The number of anilines is 4. The van der Waals surface area contributed by atoms with Crippen molar-refractivity contribution in [3.05, 3.63) is 111 Å². The van der Waals surface area contributed by atoms with E-state index in [1.54, 1.807) is 65.9 Å². The zero-order valence-electron chi connectivity index (χ0n) is 32.2. The molecule has 8 rings (SSSR count). The van der Waals surface area contributed by atoms with Crippen molar-refractivity contribution in [2.45, 2.75) is 59.3 Å². The lowest BCUT2D eigenvalue weighted by Crippen LogP contribution is -2.33. The van der Waals surface area contributed by atoms with Crippen LogP contribution in [0, 0.1) is 0 Å². The Kier molecular flexibility index (Phi) is 11.9. The number of carbonyl (C=O) groups excluding carboxylic acids is 2. The maximum atomic E-state index is 13.3. The Hall–Kier alpha value is -5.36. The maximum Gasteiger partial charge on any atom is 0.435 e. The van der Waals surface area contributed by atoms with E-state index in [0.717, 1.165) is 42.4 Å². The van der Waals surface area contributed by atoms with Crippen molar-refractivity contribution in [2.75, 3.05) is 10.2 Å². The number of hydrogen-bond donors (Lipinski definition) is 1. The van der Waals surface area contributed by atoms with E-state index in [0.29, 0.717) is 26.7 Å². The number of nitrogens with one attached hydrogen (secondary N) is 1. The topological polar surface area (TPSA) is 150 Å². The molecule has 1 aliphatic heterocycles. The Balaban J connectivity index is 0.000000197. The Morgan fingerprint density at radius 2 is 1.45 bits per heavy atom. The number of ether oxygens (including phenoxy) is 2. The predicted molar refractivity (Wildman–Crippen MR) is 237 cm³/mol. The minimum absolute atomic E-state index is 0.345. The minimum Gasteiger partial charge on any atom is -0.443 e. The molecule has 17 heteroatoms. The van der Waals surface area contributed by atoms with Crippen molar-refractivity contribution in [2.24, 2.45) is 4.99 Å². The molecule has 0 saturated carbocycles. The van der Waals surface area contributed by atoms with Crippen LogP contribution in [0.1, 0.15) is 52.7 Å². The third-order valence-electron chi connectivity index (χ3n) is 8.02. The van der Waals surface area contributed by atoms with Gasteiger partial charge >= 0.3 is 12.2 Å². The van der Waals surface area contributed by atoms with Crippen molar-refractivity contribution >= 4 is 105 Å². The Labute approximate surface area is 359 Å². The summed E-state index contributed by atoms with van der Waals surface area (Å²) in [6.07, 6.45) is 2.27. The van der Waals surface area contributed by atoms with Gasteiger partial charge in [-0.3, -0.25) is 4.99 Å². The fraction of sp³-hybridized carbons (Fsp3) is 0.220. The molecule has 3 aromatic heterocycles. The lowest BCUT2D eigenvalue weighted by Gasteiger charge is -2.25. The van der Waals surface area contributed by atoms with E-state index in [-0.39, 0.29) is 0 Å². The molecule has 13 nitrogen and oxygen atoms in total. The Morgan fingerprint density at radius 3 is 2.12 bits per heavy atom. The first kappa shape index (κ1) is 40.8. The number of carbonyl (C=O) groups is 2. The van der Waals surface area contributed by atoms with E-state index >= 15 is 0 Å². The second kappa shape index (κ2) is 16.9. The van der Waals surface area contributed by atoms with Crippen LogP contribution < -0.4 is 10.2 Å². The van der Waals surface area contributed by atoms with Gasteiger partial charge in [-0.15, -0.1) is 20.4 Å². The van der Waals surface area contributed by atoms with Crippen LogP contribution in [0.4, 0.5) is 31.2 Å². The lowest BCUT2D eigenvalue weighted by atomic mass is 10.1. The molecule has 0 saturated heterocycles. The Morgan fingerprint density at radius 1 is 0.776 bits per heavy atom. The number of aliphatic imine (C=N–C) groups is 1. The maximum absolute atomic E-state index is 13.3. The zero-order valence-corrected chi connectivity index (χ0v) is 37.0. The highest BCUT2D eigenvalue weighted by atomic mass is 79.9. The number of nitrogens with zero attached hydrogens (tertiary/aromatic N) is 8. The van der Waals surface area contributed by atoms with Gasteiger partial charge in [0.25, 0.3) is 0 Å². The summed E-state index contributed by atoms with van der Waals surface area (Å²) in [7, 11) is 0. The molecule has 0 atom stereocenters. The van der Waals surface area contributed by atoms with E-state index in [1.807, 2.05) is 60.8 Å². The van der Waals surface area contributed by atoms with Gasteiger partial charge < -0.3 is 14.8 Å². The molecule has 4 heterocycles. The van der Waals surface area contributed by atoms with Crippen LogP contribution in [0.15, 0.2) is 105 Å². The van der Waals surface area contributed by atoms with E-state index in [2.05, 4.69) is 79.8 Å². The summed E-state index contributed by atoms with van der Waals surface area (Å²) >= 11 is 9.74. The highest BCUT2D eigenvalue weighted by Crippen LogP contribution is 2.36. The number of rotatable bonds is 6. The fourth-order valence-corrected chi connectivity index (χ4v) is 7.98. The summed E-state index contributed by atoms with van der Waals surface area (Å²) in [4.78, 5) is 31.5. The van der Waals surface area contributed by atoms with Crippen molar-refractivity contribution in [1.82, 2.24) is 30.2 Å². The van der Waals surface area contributed by atoms with Gasteiger partial charge in [-0.05, 0) is 107 Å². The summed E-state index contributed by atoms with van der Waals surface area (Å²) in [6.45, 7) is 11.5. The summed E-state index contributed by atoms with van der Waals surface area (Å²) in [5.74, 6) is 0. The molecule has 58 heavy (non-hydrogen) atoms. The van der Waals surface area contributed by atoms with Gasteiger partial charge in [-0.2, -0.15) is 9.78 Å². The SMILES string of the molecule is Brc1cccc(-c2nnc(Nc3ccc4c(c3)C=NC4)s2)c1.CC(C)(C)OC(=O)N(c1ccc2c(cnn2C(=O)OC(C)(C)C)c1)c1nnc(-c2cccc(Br)c2)s1.